The van der Waals surface area contributed by atoms with Crippen molar-refractivity contribution >= 4 is 11.9 Å². The van der Waals surface area contributed by atoms with Crippen molar-refractivity contribution in [1.29, 1.82) is 0 Å². The van der Waals surface area contributed by atoms with Gasteiger partial charge in [-0.25, -0.2) is 4.79 Å². The van der Waals surface area contributed by atoms with Crippen LogP contribution in [0.5, 0.6) is 0 Å². The number of unbranched alkanes of at least 4 members (excludes halogenated alkanes) is 1. The Morgan fingerprint density at radius 1 is 1.36 bits per heavy atom. The molecule has 1 unspecified atom stereocenters. The number of hydrogen-bond donors (Lipinski definition) is 2. The molecule has 0 spiro atoms. The van der Waals surface area contributed by atoms with Gasteiger partial charge in [0.15, 0.2) is 0 Å². The van der Waals surface area contributed by atoms with Crippen LogP contribution in [0.4, 0.5) is 0 Å². The van der Waals surface area contributed by atoms with Gasteiger partial charge in [0, 0.05) is 11.5 Å². The maximum Gasteiger partial charge on any atom is 0.331 e. The van der Waals surface area contributed by atoms with E-state index in [-0.39, 0.29) is 12.0 Å². The topological polar surface area (TPSA) is 74.6 Å². The van der Waals surface area contributed by atoms with Gasteiger partial charge in [-0.05, 0) is 6.42 Å². The van der Waals surface area contributed by atoms with Crippen LogP contribution in [-0.2, 0) is 9.59 Å². The summed E-state index contributed by atoms with van der Waals surface area (Å²) in [5.74, 6) is -2.52. The van der Waals surface area contributed by atoms with E-state index in [4.69, 9.17) is 10.2 Å². The predicted octanol–water partition coefficient (Wildman–Crippen LogP) is 1.91. The summed E-state index contributed by atoms with van der Waals surface area (Å²) < 4.78 is 0. The Morgan fingerprint density at radius 3 is 2.29 bits per heavy atom. The molecule has 4 nitrogen and oxygen atoms in total. The molecular weight excluding hydrogens is 184 g/mol. The minimum atomic E-state index is -1.10. The van der Waals surface area contributed by atoms with Crippen LogP contribution in [0.25, 0.3) is 0 Å². The summed E-state index contributed by atoms with van der Waals surface area (Å²) in [5, 5.41) is 17.3. The van der Waals surface area contributed by atoms with Crippen molar-refractivity contribution in [3.8, 4) is 0 Å². The monoisotopic (exact) mass is 200 g/mol. The van der Waals surface area contributed by atoms with Gasteiger partial charge in [0.05, 0.1) is 6.42 Å². The van der Waals surface area contributed by atoms with Crippen molar-refractivity contribution in [3.63, 3.8) is 0 Å². The van der Waals surface area contributed by atoms with Crippen LogP contribution in [0.1, 0.15) is 32.6 Å². The fourth-order valence-electron chi connectivity index (χ4n) is 1.24. The molecule has 80 valence electrons. The Bertz CT molecular complexity index is 232. The van der Waals surface area contributed by atoms with E-state index in [9.17, 15) is 9.59 Å². The second-order valence-corrected chi connectivity index (χ2v) is 3.27. The first kappa shape index (κ1) is 12.7. The molecule has 0 amide bonds. The summed E-state index contributed by atoms with van der Waals surface area (Å²) in [7, 11) is 0. The largest absolute Gasteiger partial charge is 0.481 e. The van der Waals surface area contributed by atoms with E-state index in [1.807, 2.05) is 6.92 Å². The smallest absolute Gasteiger partial charge is 0.331 e. The van der Waals surface area contributed by atoms with E-state index in [0.717, 1.165) is 12.8 Å². The standard InChI is InChI=1S/C10H16O4/c1-3-4-5-8(6-9(11)12)7(2)10(13)14/h8H,2-6H2,1H3,(H,11,12)(H,13,14). The Morgan fingerprint density at radius 2 is 1.93 bits per heavy atom. The van der Waals surface area contributed by atoms with Crippen molar-refractivity contribution < 1.29 is 19.8 Å². The van der Waals surface area contributed by atoms with Gasteiger partial charge in [0.25, 0.3) is 0 Å². The summed E-state index contributed by atoms with van der Waals surface area (Å²) in [6.45, 7) is 5.37. The Kier molecular flexibility index (Phi) is 5.60. The average Bonchev–Trinajstić information content (AvgIpc) is 2.10. The lowest BCUT2D eigenvalue weighted by Crippen LogP contribution is -2.15. The van der Waals surface area contributed by atoms with Crippen molar-refractivity contribution in [1.82, 2.24) is 0 Å². The molecule has 0 aromatic heterocycles. The minimum absolute atomic E-state index is 0.000787. The van der Waals surface area contributed by atoms with Gasteiger partial charge in [-0.1, -0.05) is 26.3 Å². The number of carboxylic acids is 2. The highest BCUT2D eigenvalue weighted by Gasteiger charge is 2.20. The van der Waals surface area contributed by atoms with Crippen molar-refractivity contribution in [2.24, 2.45) is 5.92 Å². The molecule has 2 N–H and O–H groups in total. The molecule has 0 saturated carbocycles. The molecule has 14 heavy (non-hydrogen) atoms. The molecule has 0 radical (unpaired) electrons. The SMILES string of the molecule is C=C(C(=O)O)C(CCCC)CC(=O)O. The summed E-state index contributed by atoms with van der Waals surface area (Å²) in [6, 6.07) is 0. The maximum absolute atomic E-state index is 10.6. The molecule has 0 aromatic rings. The number of carbonyl (C=O) groups is 2. The first-order valence-corrected chi connectivity index (χ1v) is 4.62. The lowest BCUT2D eigenvalue weighted by atomic mass is 9.91. The van der Waals surface area contributed by atoms with Crippen molar-refractivity contribution in [2.45, 2.75) is 32.6 Å². The Balaban J connectivity index is 4.30. The minimum Gasteiger partial charge on any atom is -0.481 e. The first-order chi connectivity index (χ1) is 6.49. The van der Waals surface area contributed by atoms with Crippen molar-refractivity contribution in [2.75, 3.05) is 0 Å². The van der Waals surface area contributed by atoms with Crippen molar-refractivity contribution in [3.05, 3.63) is 12.2 Å². The van der Waals surface area contributed by atoms with Gasteiger partial charge in [-0.3, -0.25) is 4.79 Å². The van der Waals surface area contributed by atoms with Gasteiger partial charge in [0.2, 0.25) is 0 Å². The quantitative estimate of drug-likeness (QED) is 0.615. The van der Waals surface area contributed by atoms with E-state index in [1.165, 1.54) is 0 Å². The fraction of sp³-hybridized carbons (Fsp3) is 0.600. The van der Waals surface area contributed by atoms with Crippen LogP contribution in [0.3, 0.4) is 0 Å². The van der Waals surface area contributed by atoms with Crippen LogP contribution in [0.2, 0.25) is 0 Å². The molecular formula is C10H16O4. The lowest BCUT2D eigenvalue weighted by Gasteiger charge is -2.13. The number of aliphatic carboxylic acids is 2. The summed E-state index contributed by atoms with van der Waals surface area (Å²) in [6.07, 6.45) is 2.17. The van der Waals surface area contributed by atoms with Gasteiger partial charge >= 0.3 is 11.9 Å². The number of carboxylic acid groups (broad SMARTS) is 2. The Hall–Kier alpha value is -1.32. The molecule has 0 heterocycles. The zero-order chi connectivity index (χ0) is 11.1. The highest BCUT2D eigenvalue weighted by Crippen LogP contribution is 2.20. The van der Waals surface area contributed by atoms with E-state index < -0.39 is 17.9 Å². The molecule has 0 saturated heterocycles. The first-order valence-electron chi connectivity index (χ1n) is 4.62. The zero-order valence-corrected chi connectivity index (χ0v) is 8.32. The van der Waals surface area contributed by atoms with E-state index in [1.54, 1.807) is 0 Å². The van der Waals surface area contributed by atoms with Crippen LogP contribution >= 0.6 is 0 Å². The number of hydrogen-bond acceptors (Lipinski definition) is 2. The molecule has 4 heteroatoms. The van der Waals surface area contributed by atoms with Crippen LogP contribution in [0, 0.1) is 5.92 Å². The van der Waals surface area contributed by atoms with Gasteiger partial charge in [0.1, 0.15) is 0 Å². The van der Waals surface area contributed by atoms with Crippen LogP contribution in [0.15, 0.2) is 12.2 Å². The van der Waals surface area contributed by atoms with Gasteiger partial charge in [-0.15, -0.1) is 0 Å². The summed E-state index contributed by atoms with van der Waals surface area (Å²) >= 11 is 0. The molecule has 0 rings (SSSR count). The van der Waals surface area contributed by atoms with E-state index in [0.29, 0.717) is 6.42 Å². The molecule has 0 bridgehead atoms. The summed E-state index contributed by atoms with van der Waals surface area (Å²) in [5.41, 5.74) is 0.000787. The van der Waals surface area contributed by atoms with Gasteiger partial charge < -0.3 is 10.2 Å². The highest BCUT2D eigenvalue weighted by molar-refractivity contribution is 5.87. The molecule has 0 aliphatic rings. The fourth-order valence-corrected chi connectivity index (χ4v) is 1.24. The molecule has 0 fully saturated rings. The third-order valence-electron chi connectivity index (χ3n) is 2.09. The average molecular weight is 200 g/mol. The second kappa shape index (κ2) is 6.18. The third-order valence-corrected chi connectivity index (χ3v) is 2.09. The number of rotatable bonds is 7. The predicted molar refractivity (Wildman–Crippen MR) is 52.0 cm³/mol. The van der Waals surface area contributed by atoms with E-state index in [2.05, 4.69) is 6.58 Å². The molecule has 0 aromatic carbocycles. The van der Waals surface area contributed by atoms with Crippen LogP contribution < -0.4 is 0 Å². The molecule has 0 aliphatic carbocycles. The second-order valence-electron chi connectivity index (χ2n) is 3.27. The van der Waals surface area contributed by atoms with Crippen LogP contribution in [-0.4, -0.2) is 22.2 Å². The summed E-state index contributed by atoms with van der Waals surface area (Å²) in [4.78, 5) is 21.1. The lowest BCUT2D eigenvalue weighted by molar-refractivity contribution is -0.138. The third kappa shape index (κ3) is 4.64. The maximum atomic E-state index is 10.6. The molecule has 1 atom stereocenters. The zero-order valence-electron chi connectivity index (χ0n) is 8.32. The molecule has 0 aliphatic heterocycles. The van der Waals surface area contributed by atoms with Gasteiger partial charge in [-0.2, -0.15) is 0 Å². The van der Waals surface area contributed by atoms with E-state index >= 15 is 0 Å². The Labute approximate surface area is 83.2 Å². The normalized spacial score (nSPS) is 12.1. The highest BCUT2D eigenvalue weighted by atomic mass is 16.4.